The summed E-state index contributed by atoms with van der Waals surface area (Å²) < 4.78 is 16.2. The van der Waals surface area contributed by atoms with Gasteiger partial charge in [0.05, 0.1) is 14.2 Å². The summed E-state index contributed by atoms with van der Waals surface area (Å²) in [7, 11) is 3.18. The van der Waals surface area contributed by atoms with Gasteiger partial charge in [0.15, 0.2) is 11.5 Å². The first-order chi connectivity index (χ1) is 14.2. The van der Waals surface area contributed by atoms with Gasteiger partial charge in [-0.3, -0.25) is 4.79 Å². The SMILES string of the molecule is COc1ccc(NCCC(=O)Nc2ccc(Oc3ccccc3)cc2)cc1OC. The molecule has 6 nitrogen and oxygen atoms in total. The van der Waals surface area contributed by atoms with Crippen molar-refractivity contribution in [2.75, 3.05) is 31.4 Å². The number of hydrogen-bond donors (Lipinski definition) is 2. The summed E-state index contributed by atoms with van der Waals surface area (Å²) in [5.74, 6) is 2.71. The summed E-state index contributed by atoms with van der Waals surface area (Å²) in [6, 6.07) is 22.4. The average Bonchev–Trinajstić information content (AvgIpc) is 2.75. The Morgan fingerprint density at radius 1 is 0.793 bits per heavy atom. The van der Waals surface area contributed by atoms with E-state index in [9.17, 15) is 4.79 Å². The molecule has 3 aromatic rings. The summed E-state index contributed by atoms with van der Waals surface area (Å²) >= 11 is 0. The molecule has 0 saturated heterocycles. The van der Waals surface area contributed by atoms with Crippen molar-refractivity contribution in [3.05, 3.63) is 72.8 Å². The molecule has 0 saturated carbocycles. The maximum atomic E-state index is 12.2. The number of amides is 1. The van der Waals surface area contributed by atoms with Gasteiger partial charge in [0.1, 0.15) is 11.5 Å². The molecular weight excluding hydrogens is 368 g/mol. The number of para-hydroxylation sites is 1. The first-order valence-electron chi connectivity index (χ1n) is 9.26. The molecular formula is C23H24N2O4. The second-order valence-corrected chi connectivity index (χ2v) is 6.23. The Morgan fingerprint density at radius 3 is 2.14 bits per heavy atom. The number of carbonyl (C=O) groups is 1. The van der Waals surface area contributed by atoms with Gasteiger partial charge in [-0.15, -0.1) is 0 Å². The normalized spacial score (nSPS) is 10.1. The third-order valence-electron chi connectivity index (χ3n) is 4.18. The molecule has 0 atom stereocenters. The highest BCUT2D eigenvalue weighted by Crippen LogP contribution is 2.29. The van der Waals surface area contributed by atoms with E-state index >= 15 is 0 Å². The molecule has 6 heteroatoms. The number of hydrogen-bond acceptors (Lipinski definition) is 5. The summed E-state index contributed by atoms with van der Waals surface area (Å²) in [6.45, 7) is 0.497. The highest BCUT2D eigenvalue weighted by molar-refractivity contribution is 5.91. The molecule has 29 heavy (non-hydrogen) atoms. The van der Waals surface area contributed by atoms with E-state index in [-0.39, 0.29) is 5.91 Å². The van der Waals surface area contributed by atoms with Crippen LogP contribution in [-0.2, 0) is 4.79 Å². The molecule has 0 radical (unpaired) electrons. The predicted molar refractivity (Wildman–Crippen MR) is 114 cm³/mol. The number of anilines is 2. The van der Waals surface area contributed by atoms with Gasteiger partial charge >= 0.3 is 0 Å². The first kappa shape index (κ1) is 20.1. The van der Waals surface area contributed by atoms with Crippen LogP contribution < -0.4 is 24.8 Å². The zero-order valence-corrected chi connectivity index (χ0v) is 16.5. The molecule has 0 unspecified atom stereocenters. The molecule has 0 aromatic heterocycles. The molecule has 150 valence electrons. The van der Waals surface area contributed by atoms with Crippen LogP contribution in [-0.4, -0.2) is 26.7 Å². The fourth-order valence-corrected chi connectivity index (χ4v) is 2.72. The zero-order chi connectivity index (χ0) is 20.5. The lowest BCUT2D eigenvalue weighted by molar-refractivity contribution is -0.115. The molecule has 0 heterocycles. The standard InChI is InChI=1S/C23H24N2O4/c1-27-21-13-10-18(16-22(21)28-2)24-15-14-23(26)25-17-8-11-20(12-9-17)29-19-6-4-3-5-7-19/h3-13,16,24H,14-15H2,1-2H3,(H,25,26). The molecule has 0 fully saturated rings. The minimum atomic E-state index is -0.0743. The Bertz CT molecular complexity index is 927. The second kappa shape index (κ2) is 10.0. The Balaban J connectivity index is 1.46. The van der Waals surface area contributed by atoms with Gasteiger partial charge in [-0.2, -0.15) is 0 Å². The van der Waals surface area contributed by atoms with E-state index in [0.29, 0.717) is 30.2 Å². The smallest absolute Gasteiger partial charge is 0.226 e. The van der Waals surface area contributed by atoms with Gasteiger partial charge in [-0.05, 0) is 48.5 Å². The average molecular weight is 392 g/mol. The largest absolute Gasteiger partial charge is 0.493 e. The zero-order valence-electron chi connectivity index (χ0n) is 16.5. The molecule has 0 bridgehead atoms. The molecule has 3 rings (SSSR count). The van der Waals surface area contributed by atoms with Crippen LogP contribution in [0.5, 0.6) is 23.0 Å². The monoisotopic (exact) mass is 392 g/mol. The molecule has 0 spiro atoms. The van der Waals surface area contributed by atoms with Gasteiger partial charge in [-0.1, -0.05) is 18.2 Å². The number of ether oxygens (including phenoxy) is 3. The fourth-order valence-electron chi connectivity index (χ4n) is 2.72. The van der Waals surface area contributed by atoms with Crippen LogP contribution in [0.2, 0.25) is 0 Å². The van der Waals surface area contributed by atoms with Crippen LogP contribution in [0.3, 0.4) is 0 Å². The third-order valence-corrected chi connectivity index (χ3v) is 4.18. The van der Waals surface area contributed by atoms with Crippen molar-refractivity contribution in [1.82, 2.24) is 0 Å². The van der Waals surface area contributed by atoms with Crippen molar-refractivity contribution in [1.29, 1.82) is 0 Å². The lowest BCUT2D eigenvalue weighted by Crippen LogP contribution is -2.16. The van der Waals surface area contributed by atoms with E-state index < -0.39 is 0 Å². The summed E-state index contributed by atoms with van der Waals surface area (Å²) in [4.78, 5) is 12.2. The molecule has 0 aliphatic carbocycles. The van der Waals surface area contributed by atoms with Crippen LogP contribution in [0.15, 0.2) is 72.8 Å². The van der Waals surface area contributed by atoms with E-state index in [4.69, 9.17) is 14.2 Å². The minimum Gasteiger partial charge on any atom is -0.493 e. The minimum absolute atomic E-state index is 0.0743. The van der Waals surface area contributed by atoms with Crippen molar-refractivity contribution in [3.63, 3.8) is 0 Å². The highest BCUT2D eigenvalue weighted by atomic mass is 16.5. The van der Waals surface area contributed by atoms with Crippen molar-refractivity contribution >= 4 is 17.3 Å². The van der Waals surface area contributed by atoms with Gasteiger partial charge < -0.3 is 24.8 Å². The van der Waals surface area contributed by atoms with Gasteiger partial charge in [0.2, 0.25) is 5.91 Å². The molecule has 2 N–H and O–H groups in total. The fraction of sp³-hybridized carbons (Fsp3) is 0.174. The lowest BCUT2D eigenvalue weighted by atomic mass is 10.2. The van der Waals surface area contributed by atoms with Gasteiger partial charge in [0, 0.05) is 30.4 Å². The number of nitrogens with one attached hydrogen (secondary N) is 2. The van der Waals surface area contributed by atoms with E-state index in [1.54, 1.807) is 14.2 Å². The third kappa shape index (κ3) is 5.90. The Morgan fingerprint density at radius 2 is 1.45 bits per heavy atom. The van der Waals surface area contributed by atoms with Crippen LogP contribution >= 0.6 is 0 Å². The summed E-state index contributed by atoms with van der Waals surface area (Å²) in [6.07, 6.45) is 0.330. The van der Waals surface area contributed by atoms with Crippen LogP contribution in [0, 0.1) is 0 Å². The number of benzene rings is 3. The Labute approximate surface area is 170 Å². The van der Waals surface area contributed by atoms with Crippen molar-refractivity contribution in [2.45, 2.75) is 6.42 Å². The summed E-state index contributed by atoms with van der Waals surface area (Å²) in [5.41, 5.74) is 1.58. The number of carbonyl (C=O) groups excluding carboxylic acids is 1. The molecule has 0 aliphatic rings. The Hall–Kier alpha value is -3.67. The van der Waals surface area contributed by atoms with Crippen molar-refractivity contribution < 1.29 is 19.0 Å². The van der Waals surface area contributed by atoms with Crippen LogP contribution in [0.1, 0.15) is 6.42 Å². The van der Waals surface area contributed by atoms with Gasteiger partial charge in [-0.25, -0.2) is 0 Å². The Kier molecular flexibility index (Phi) is 6.95. The number of methoxy groups -OCH3 is 2. The second-order valence-electron chi connectivity index (χ2n) is 6.23. The molecule has 1 amide bonds. The first-order valence-corrected chi connectivity index (χ1v) is 9.26. The van der Waals surface area contributed by atoms with Crippen LogP contribution in [0.4, 0.5) is 11.4 Å². The van der Waals surface area contributed by atoms with Crippen molar-refractivity contribution in [3.8, 4) is 23.0 Å². The maximum absolute atomic E-state index is 12.2. The number of rotatable bonds is 9. The quantitative estimate of drug-likeness (QED) is 0.540. The van der Waals surface area contributed by atoms with E-state index in [0.717, 1.165) is 17.1 Å². The molecule has 0 aliphatic heterocycles. The molecule has 3 aromatic carbocycles. The predicted octanol–water partition coefficient (Wildman–Crippen LogP) is 4.94. The highest BCUT2D eigenvalue weighted by Gasteiger charge is 2.06. The summed E-state index contributed by atoms with van der Waals surface area (Å²) in [5, 5.41) is 6.09. The van der Waals surface area contributed by atoms with E-state index in [1.165, 1.54) is 0 Å². The van der Waals surface area contributed by atoms with Crippen molar-refractivity contribution in [2.24, 2.45) is 0 Å². The lowest BCUT2D eigenvalue weighted by Gasteiger charge is -2.11. The maximum Gasteiger partial charge on any atom is 0.226 e. The van der Waals surface area contributed by atoms with E-state index in [1.807, 2.05) is 72.8 Å². The van der Waals surface area contributed by atoms with Crippen LogP contribution in [0.25, 0.3) is 0 Å². The topological polar surface area (TPSA) is 68.8 Å². The van der Waals surface area contributed by atoms with E-state index in [2.05, 4.69) is 10.6 Å². The van der Waals surface area contributed by atoms with Gasteiger partial charge in [0.25, 0.3) is 0 Å².